The van der Waals surface area contributed by atoms with Crippen LogP contribution in [0.3, 0.4) is 0 Å². The van der Waals surface area contributed by atoms with Gasteiger partial charge >= 0.3 is 0 Å². The Labute approximate surface area is 116 Å². The van der Waals surface area contributed by atoms with Crippen LogP contribution in [-0.4, -0.2) is 35.6 Å². The van der Waals surface area contributed by atoms with Crippen molar-refractivity contribution in [1.82, 2.24) is 15.3 Å². The Morgan fingerprint density at radius 3 is 2.42 bits per heavy atom. The molecule has 1 aliphatic rings. The Kier molecular flexibility index (Phi) is 4.91. The van der Waals surface area contributed by atoms with Gasteiger partial charge in [-0.1, -0.05) is 19.3 Å². The van der Waals surface area contributed by atoms with E-state index in [0.717, 1.165) is 6.42 Å². The number of hydrazine groups is 1. The Bertz CT molecular complexity index is 371. The van der Waals surface area contributed by atoms with Gasteiger partial charge in [0.1, 0.15) is 0 Å². The molecule has 1 saturated carbocycles. The highest BCUT2D eigenvalue weighted by molar-refractivity contribution is 5.14. The van der Waals surface area contributed by atoms with Crippen LogP contribution in [0.25, 0.3) is 0 Å². The zero-order valence-electron chi connectivity index (χ0n) is 12.1. The third-order valence-corrected chi connectivity index (χ3v) is 4.65. The highest BCUT2D eigenvalue weighted by Crippen LogP contribution is 2.36. The van der Waals surface area contributed by atoms with Crippen molar-refractivity contribution in [2.24, 2.45) is 5.84 Å². The lowest BCUT2D eigenvalue weighted by Gasteiger charge is -2.48. The van der Waals surface area contributed by atoms with Crippen LogP contribution in [0.15, 0.2) is 24.5 Å². The van der Waals surface area contributed by atoms with E-state index < -0.39 is 0 Å². The van der Waals surface area contributed by atoms with Gasteiger partial charge in [-0.3, -0.25) is 16.3 Å². The number of nitrogens with zero attached hydrogens (tertiary/aromatic N) is 2. The zero-order chi connectivity index (χ0) is 13.7. The molecule has 0 aliphatic heterocycles. The Morgan fingerprint density at radius 1 is 1.26 bits per heavy atom. The van der Waals surface area contributed by atoms with E-state index in [1.807, 2.05) is 12.4 Å². The fraction of sp³-hybridized carbons (Fsp3) is 0.667. The molecule has 1 heterocycles. The van der Waals surface area contributed by atoms with Crippen LogP contribution in [0.2, 0.25) is 0 Å². The maximum absolute atomic E-state index is 5.88. The summed E-state index contributed by atoms with van der Waals surface area (Å²) in [7, 11) is 4.37. The fourth-order valence-electron chi connectivity index (χ4n) is 3.43. The molecule has 1 fully saturated rings. The molecule has 1 aromatic rings. The molecule has 1 unspecified atom stereocenters. The van der Waals surface area contributed by atoms with E-state index in [1.165, 1.54) is 37.7 Å². The molecular formula is C15H26N4. The second kappa shape index (κ2) is 6.46. The molecule has 1 atom stereocenters. The topological polar surface area (TPSA) is 54.2 Å². The molecule has 3 N–H and O–H groups in total. The number of hydrogen-bond acceptors (Lipinski definition) is 4. The number of nitrogens with two attached hydrogens (primary N) is 1. The summed E-state index contributed by atoms with van der Waals surface area (Å²) in [6, 6.07) is 4.44. The highest BCUT2D eigenvalue weighted by Gasteiger charge is 2.41. The van der Waals surface area contributed by atoms with Crippen LogP contribution in [0.1, 0.15) is 37.7 Å². The summed E-state index contributed by atoms with van der Waals surface area (Å²) >= 11 is 0. The normalized spacial score (nSPS) is 20.4. The molecular weight excluding hydrogens is 236 g/mol. The van der Waals surface area contributed by atoms with Gasteiger partial charge in [0, 0.05) is 24.0 Å². The van der Waals surface area contributed by atoms with Gasteiger partial charge in [0.25, 0.3) is 0 Å². The first-order chi connectivity index (χ1) is 9.19. The van der Waals surface area contributed by atoms with E-state index in [2.05, 4.69) is 41.5 Å². The zero-order valence-corrected chi connectivity index (χ0v) is 12.1. The SMILES string of the molecule is CN(C)C1(C(Cc2ccncc2)NN)CCCCC1. The third kappa shape index (κ3) is 3.14. The molecule has 0 radical (unpaired) electrons. The molecule has 2 rings (SSSR count). The first-order valence-electron chi connectivity index (χ1n) is 7.21. The number of pyridine rings is 1. The van der Waals surface area contributed by atoms with E-state index in [-0.39, 0.29) is 11.6 Å². The van der Waals surface area contributed by atoms with Gasteiger partial charge in [0.05, 0.1) is 0 Å². The predicted octanol–water partition coefficient (Wildman–Crippen LogP) is 1.72. The number of aromatic nitrogens is 1. The van der Waals surface area contributed by atoms with Crippen molar-refractivity contribution >= 4 is 0 Å². The number of rotatable bonds is 5. The van der Waals surface area contributed by atoms with Crippen molar-refractivity contribution in [3.63, 3.8) is 0 Å². The van der Waals surface area contributed by atoms with Crippen molar-refractivity contribution < 1.29 is 0 Å². The average molecular weight is 262 g/mol. The lowest BCUT2D eigenvalue weighted by atomic mass is 9.74. The lowest BCUT2D eigenvalue weighted by Crippen LogP contribution is -2.62. The fourth-order valence-corrected chi connectivity index (χ4v) is 3.43. The van der Waals surface area contributed by atoms with Crippen molar-refractivity contribution in [3.05, 3.63) is 30.1 Å². The summed E-state index contributed by atoms with van der Waals surface area (Å²) in [5, 5.41) is 0. The second-order valence-corrected chi connectivity index (χ2v) is 5.84. The van der Waals surface area contributed by atoms with Crippen LogP contribution in [0.5, 0.6) is 0 Å². The van der Waals surface area contributed by atoms with E-state index in [1.54, 1.807) is 0 Å². The second-order valence-electron chi connectivity index (χ2n) is 5.84. The first-order valence-corrected chi connectivity index (χ1v) is 7.21. The summed E-state index contributed by atoms with van der Waals surface area (Å²) in [6.07, 6.45) is 11.1. The van der Waals surface area contributed by atoms with Crippen LogP contribution in [0.4, 0.5) is 0 Å². The lowest BCUT2D eigenvalue weighted by molar-refractivity contribution is 0.0569. The molecule has 4 heteroatoms. The molecule has 0 bridgehead atoms. The maximum atomic E-state index is 5.88. The summed E-state index contributed by atoms with van der Waals surface area (Å²) in [6.45, 7) is 0. The molecule has 1 aliphatic carbocycles. The van der Waals surface area contributed by atoms with Gasteiger partial charge in [-0.25, -0.2) is 0 Å². The Balaban J connectivity index is 2.17. The quantitative estimate of drug-likeness (QED) is 0.627. The van der Waals surface area contributed by atoms with Crippen LogP contribution in [-0.2, 0) is 6.42 Å². The molecule has 0 spiro atoms. The van der Waals surface area contributed by atoms with Crippen LogP contribution < -0.4 is 11.3 Å². The van der Waals surface area contributed by atoms with Crippen molar-refractivity contribution in [3.8, 4) is 0 Å². The van der Waals surface area contributed by atoms with Crippen molar-refractivity contribution in [2.45, 2.75) is 50.1 Å². The van der Waals surface area contributed by atoms with Gasteiger partial charge in [0.15, 0.2) is 0 Å². The van der Waals surface area contributed by atoms with Crippen molar-refractivity contribution in [1.29, 1.82) is 0 Å². The highest BCUT2D eigenvalue weighted by atomic mass is 15.3. The first kappa shape index (κ1) is 14.4. The molecule has 0 aromatic carbocycles. The minimum Gasteiger partial charge on any atom is -0.302 e. The number of likely N-dealkylation sites (N-methyl/N-ethyl adjacent to an activating group) is 1. The minimum absolute atomic E-state index is 0.177. The van der Waals surface area contributed by atoms with Crippen LogP contribution >= 0.6 is 0 Å². The van der Waals surface area contributed by atoms with E-state index in [0.29, 0.717) is 0 Å². The Hall–Kier alpha value is -0.970. The molecule has 0 amide bonds. The summed E-state index contributed by atoms with van der Waals surface area (Å²) < 4.78 is 0. The number of nitrogens with one attached hydrogen (secondary N) is 1. The van der Waals surface area contributed by atoms with E-state index in [9.17, 15) is 0 Å². The average Bonchev–Trinajstić information content (AvgIpc) is 2.46. The molecule has 4 nitrogen and oxygen atoms in total. The van der Waals surface area contributed by atoms with Crippen molar-refractivity contribution in [2.75, 3.05) is 14.1 Å². The summed E-state index contributed by atoms with van der Waals surface area (Å²) in [5.41, 5.74) is 4.55. The monoisotopic (exact) mass is 262 g/mol. The molecule has 19 heavy (non-hydrogen) atoms. The largest absolute Gasteiger partial charge is 0.302 e. The van der Waals surface area contributed by atoms with Gasteiger partial charge < -0.3 is 4.90 Å². The molecule has 1 aromatic heterocycles. The number of hydrogen-bond donors (Lipinski definition) is 2. The molecule has 106 valence electrons. The van der Waals surface area contributed by atoms with Gasteiger partial charge in [-0.15, -0.1) is 0 Å². The third-order valence-electron chi connectivity index (χ3n) is 4.65. The summed E-state index contributed by atoms with van der Waals surface area (Å²) in [5.74, 6) is 5.88. The van der Waals surface area contributed by atoms with Crippen LogP contribution in [0, 0.1) is 0 Å². The maximum Gasteiger partial charge on any atom is 0.0434 e. The van der Waals surface area contributed by atoms with Gasteiger partial charge in [0.2, 0.25) is 0 Å². The van der Waals surface area contributed by atoms with Gasteiger partial charge in [-0.2, -0.15) is 0 Å². The minimum atomic E-state index is 0.177. The van der Waals surface area contributed by atoms with Gasteiger partial charge in [-0.05, 0) is 51.1 Å². The van der Waals surface area contributed by atoms with E-state index >= 15 is 0 Å². The summed E-state index contributed by atoms with van der Waals surface area (Å²) in [4.78, 5) is 6.45. The standard InChI is InChI=1S/C15H26N4/c1-19(2)15(8-4-3-5-9-15)14(18-16)12-13-6-10-17-11-7-13/h6-7,10-11,14,18H,3-5,8-9,12,16H2,1-2H3. The molecule has 0 saturated heterocycles. The predicted molar refractivity (Wildman–Crippen MR) is 78.6 cm³/mol. The smallest absolute Gasteiger partial charge is 0.0434 e. The Morgan fingerprint density at radius 2 is 1.89 bits per heavy atom. The van der Waals surface area contributed by atoms with E-state index in [4.69, 9.17) is 5.84 Å².